The van der Waals surface area contributed by atoms with E-state index >= 15 is 0 Å². The van der Waals surface area contributed by atoms with E-state index in [0.717, 1.165) is 49.0 Å². The first-order valence-corrected chi connectivity index (χ1v) is 17.4. The van der Waals surface area contributed by atoms with Gasteiger partial charge in [0, 0.05) is 60.6 Å². The molecule has 12 heteroatoms. The largest absolute Gasteiger partial charge is 0.480 e. The van der Waals surface area contributed by atoms with Gasteiger partial charge in [0.15, 0.2) is 0 Å². The number of carbonyl (C=O) groups excluding carboxylic acids is 2. The highest BCUT2D eigenvalue weighted by Gasteiger charge is 2.25. The van der Waals surface area contributed by atoms with Crippen LogP contribution in [0.3, 0.4) is 0 Å². The van der Waals surface area contributed by atoms with Crippen molar-refractivity contribution in [3.8, 4) is 45.4 Å². The summed E-state index contributed by atoms with van der Waals surface area (Å²) in [7, 11) is 5.19. The average molecular weight is 704 g/mol. The van der Waals surface area contributed by atoms with Gasteiger partial charge in [0.05, 0.1) is 48.0 Å². The van der Waals surface area contributed by atoms with E-state index in [1.54, 1.807) is 26.6 Å². The number of carbonyl (C=O) groups is 2. The summed E-state index contributed by atoms with van der Waals surface area (Å²) in [4.78, 5) is 44.3. The second-order valence-electron chi connectivity index (χ2n) is 12.8. The average Bonchev–Trinajstić information content (AvgIpc) is 3.71. The maximum atomic E-state index is 11.7. The predicted molar refractivity (Wildman–Crippen MR) is 190 cm³/mol. The Morgan fingerprint density at radius 1 is 0.837 bits per heavy atom. The second-order valence-corrected chi connectivity index (χ2v) is 13.6. The maximum absolute atomic E-state index is 11.7. The van der Waals surface area contributed by atoms with Crippen LogP contribution in [0.25, 0.3) is 33.6 Å². The van der Waals surface area contributed by atoms with Crippen LogP contribution in [0.5, 0.6) is 11.8 Å². The molecular weight excluding hydrogens is 663 g/mol. The minimum absolute atomic E-state index is 0.122. The fraction of sp³-hybridized carbons (Fsp3) is 0.405. The quantitative estimate of drug-likeness (QED) is 0.157. The van der Waals surface area contributed by atoms with Crippen LogP contribution >= 0.6 is 23.2 Å². The Kier molecular flexibility index (Phi) is 11.1. The number of nitrogens with one attached hydrogen (secondary N) is 1. The molecule has 1 saturated heterocycles. The van der Waals surface area contributed by atoms with Gasteiger partial charge in [-0.2, -0.15) is 0 Å². The molecule has 0 unspecified atom stereocenters. The zero-order valence-corrected chi connectivity index (χ0v) is 29.5. The Balaban J connectivity index is 1.21. The molecule has 49 heavy (non-hydrogen) atoms. The third kappa shape index (κ3) is 8.03. The first kappa shape index (κ1) is 34.7. The number of hydrogen-bond donors (Lipinski definition) is 1. The Hall–Kier alpha value is -4.12. The van der Waals surface area contributed by atoms with Crippen molar-refractivity contribution in [2.75, 3.05) is 27.8 Å². The highest BCUT2D eigenvalue weighted by atomic mass is 35.5. The van der Waals surface area contributed by atoms with Crippen LogP contribution in [0.4, 0.5) is 0 Å². The standard InChI is InChI=1S/C37H40Cl2N6O4/c1-45(20-22-13-15-24(46)17-22)21-32-37(49-3)44-31(19-41-32)28-11-6-9-26(35(28)39)25-8-5-10-27(34(25)38)30-18-40-29(36(43-30)48-2)12-4-7-23-14-16-33(47)42-23/h5-6,8-11,18-19,22-23H,4,7,12-17,20-21H2,1-3H3,(H,42,47)/t22-,23-/m1/s1. The van der Waals surface area contributed by atoms with Gasteiger partial charge in [0.2, 0.25) is 17.7 Å². The number of halogens is 2. The molecule has 2 aromatic heterocycles. The van der Waals surface area contributed by atoms with Gasteiger partial charge in [-0.1, -0.05) is 59.6 Å². The van der Waals surface area contributed by atoms with Crippen LogP contribution in [0, 0.1) is 5.92 Å². The molecule has 1 aliphatic heterocycles. The molecule has 1 amide bonds. The van der Waals surface area contributed by atoms with Crippen molar-refractivity contribution in [3.05, 3.63) is 70.2 Å². The zero-order chi connectivity index (χ0) is 34.5. The van der Waals surface area contributed by atoms with Crippen LogP contribution in [0.15, 0.2) is 48.8 Å². The van der Waals surface area contributed by atoms with Crippen LogP contribution in [-0.4, -0.2) is 70.4 Å². The minimum atomic E-state index is 0.122. The molecule has 2 atom stereocenters. The number of methoxy groups -OCH3 is 2. The number of rotatable bonds is 13. The molecular formula is C37H40Cl2N6O4. The lowest BCUT2D eigenvalue weighted by atomic mass is 9.98. The van der Waals surface area contributed by atoms with Crippen molar-refractivity contribution in [3.63, 3.8) is 0 Å². The van der Waals surface area contributed by atoms with Crippen molar-refractivity contribution in [1.82, 2.24) is 30.2 Å². The molecule has 1 aliphatic carbocycles. The number of aromatic nitrogens is 4. The van der Waals surface area contributed by atoms with Crippen LogP contribution < -0.4 is 14.8 Å². The molecule has 0 radical (unpaired) electrons. The summed E-state index contributed by atoms with van der Waals surface area (Å²) in [5, 5.41) is 3.97. The number of aryl methyl sites for hydroxylation is 1. The zero-order valence-electron chi connectivity index (χ0n) is 28.0. The summed E-state index contributed by atoms with van der Waals surface area (Å²) >= 11 is 14.1. The van der Waals surface area contributed by atoms with Gasteiger partial charge in [-0.3, -0.25) is 19.6 Å². The topological polar surface area (TPSA) is 119 Å². The Morgan fingerprint density at radius 3 is 1.98 bits per heavy atom. The number of benzene rings is 2. The van der Waals surface area contributed by atoms with Gasteiger partial charge >= 0.3 is 0 Å². The molecule has 2 fully saturated rings. The van der Waals surface area contributed by atoms with Crippen molar-refractivity contribution in [1.29, 1.82) is 0 Å². The van der Waals surface area contributed by atoms with Crippen molar-refractivity contribution in [2.45, 2.75) is 64.0 Å². The number of amides is 1. The Labute approximate surface area is 296 Å². The monoisotopic (exact) mass is 702 g/mol. The SMILES string of the molecule is COc1nc(-c2cccc(-c3cccc(-c4cnc(CN(C)C[C@@H]5CCC(=O)C5)c(OC)n4)c3Cl)c2Cl)cnc1CCC[C@@H]1CCC(=O)N1. The van der Waals surface area contributed by atoms with Gasteiger partial charge in [-0.25, -0.2) is 9.97 Å². The van der Waals surface area contributed by atoms with E-state index in [4.69, 9.17) is 47.6 Å². The van der Waals surface area contributed by atoms with Gasteiger partial charge < -0.3 is 19.7 Å². The summed E-state index contributed by atoms with van der Waals surface area (Å²) in [6, 6.07) is 11.7. The highest BCUT2D eigenvalue weighted by molar-refractivity contribution is 6.39. The molecule has 0 spiro atoms. The first-order valence-electron chi connectivity index (χ1n) is 16.6. The second kappa shape index (κ2) is 15.6. The summed E-state index contributed by atoms with van der Waals surface area (Å²) in [5.41, 5.74) is 5.49. The molecule has 1 N–H and O–H groups in total. The fourth-order valence-corrected chi connectivity index (χ4v) is 7.40. The van der Waals surface area contributed by atoms with Crippen LogP contribution in [0.2, 0.25) is 10.0 Å². The summed E-state index contributed by atoms with van der Waals surface area (Å²) in [5.74, 6) is 1.71. The highest BCUT2D eigenvalue weighted by Crippen LogP contribution is 2.42. The van der Waals surface area contributed by atoms with Crippen LogP contribution in [-0.2, 0) is 22.6 Å². The van der Waals surface area contributed by atoms with Crippen molar-refractivity contribution >= 4 is 34.9 Å². The van der Waals surface area contributed by atoms with Gasteiger partial charge in [0.25, 0.3) is 0 Å². The predicted octanol–water partition coefficient (Wildman–Crippen LogP) is 6.99. The summed E-state index contributed by atoms with van der Waals surface area (Å²) in [6.07, 6.45) is 9.58. The molecule has 256 valence electrons. The van der Waals surface area contributed by atoms with E-state index in [1.807, 2.05) is 43.4 Å². The molecule has 4 aromatic rings. The van der Waals surface area contributed by atoms with Gasteiger partial charge in [-0.05, 0) is 45.1 Å². The number of Topliss-reactive ketones (excluding diaryl/α,β-unsaturated/α-hetero) is 1. The Morgan fingerprint density at radius 2 is 1.43 bits per heavy atom. The number of hydrogen-bond acceptors (Lipinski definition) is 9. The normalized spacial score (nSPS) is 17.5. The third-order valence-electron chi connectivity index (χ3n) is 9.24. The molecule has 6 rings (SSSR count). The molecule has 10 nitrogen and oxygen atoms in total. The molecule has 0 bridgehead atoms. The lowest BCUT2D eigenvalue weighted by Gasteiger charge is -2.21. The maximum Gasteiger partial charge on any atom is 0.237 e. The van der Waals surface area contributed by atoms with Crippen molar-refractivity contribution < 1.29 is 19.1 Å². The van der Waals surface area contributed by atoms with E-state index < -0.39 is 0 Å². The summed E-state index contributed by atoms with van der Waals surface area (Å²) in [6.45, 7) is 1.36. The van der Waals surface area contributed by atoms with E-state index in [9.17, 15) is 9.59 Å². The van der Waals surface area contributed by atoms with Crippen LogP contribution in [0.1, 0.15) is 56.3 Å². The van der Waals surface area contributed by atoms with Gasteiger partial charge in [0.1, 0.15) is 17.2 Å². The smallest absolute Gasteiger partial charge is 0.237 e. The number of ketones is 1. The number of nitrogens with zero attached hydrogens (tertiary/aromatic N) is 5. The molecule has 2 aliphatic rings. The van der Waals surface area contributed by atoms with Gasteiger partial charge in [-0.15, -0.1) is 0 Å². The molecule has 1 saturated carbocycles. The van der Waals surface area contributed by atoms with E-state index in [-0.39, 0.29) is 11.9 Å². The Bertz CT molecular complexity index is 1850. The lowest BCUT2D eigenvalue weighted by Crippen LogP contribution is -2.25. The molecule has 2 aromatic carbocycles. The van der Waals surface area contributed by atoms with E-state index in [2.05, 4.69) is 15.2 Å². The summed E-state index contributed by atoms with van der Waals surface area (Å²) < 4.78 is 11.3. The lowest BCUT2D eigenvalue weighted by molar-refractivity contribution is -0.119. The van der Waals surface area contributed by atoms with E-state index in [0.29, 0.717) is 93.9 Å². The fourth-order valence-electron chi connectivity index (χ4n) is 6.75. The minimum Gasteiger partial charge on any atom is -0.480 e. The van der Waals surface area contributed by atoms with E-state index in [1.165, 1.54) is 0 Å². The first-order chi connectivity index (χ1) is 23.7. The van der Waals surface area contributed by atoms with Crippen molar-refractivity contribution in [2.24, 2.45) is 5.92 Å². The molecule has 3 heterocycles. The number of ether oxygens (including phenoxy) is 2. The third-order valence-corrected chi connectivity index (χ3v) is 10.1.